The lowest BCUT2D eigenvalue weighted by molar-refractivity contribution is -0.141. The molecule has 1 saturated carbocycles. The number of amides is 2. The molecule has 0 radical (unpaired) electrons. The fourth-order valence-electron chi connectivity index (χ4n) is 3.04. The highest BCUT2D eigenvalue weighted by atomic mass is 32.2. The zero-order valence-corrected chi connectivity index (χ0v) is 14.1. The van der Waals surface area contributed by atoms with Crippen molar-refractivity contribution >= 4 is 35.5 Å². The van der Waals surface area contributed by atoms with Crippen LogP contribution in [0.4, 0.5) is 4.79 Å². The number of urea groups is 1. The van der Waals surface area contributed by atoms with E-state index in [0.29, 0.717) is 18.8 Å². The van der Waals surface area contributed by atoms with Gasteiger partial charge in [-0.25, -0.2) is 9.59 Å². The molecule has 2 aliphatic rings. The van der Waals surface area contributed by atoms with Crippen LogP contribution in [0.25, 0.3) is 0 Å². The maximum atomic E-state index is 12.3. The zero-order chi connectivity index (χ0) is 15.3. The van der Waals surface area contributed by atoms with Crippen LogP contribution < -0.4 is 5.32 Å². The van der Waals surface area contributed by atoms with Crippen molar-refractivity contribution in [1.82, 2.24) is 10.2 Å². The summed E-state index contributed by atoms with van der Waals surface area (Å²) in [4.78, 5) is 25.1. The van der Waals surface area contributed by atoms with Crippen molar-refractivity contribution in [2.45, 2.75) is 42.9 Å². The van der Waals surface area contributed by atoms with Gasteiger partial charge in [-0.1, -0.05) is 19.3 Å². The van der Waals surface area contributed by atoms with Crippen molar-refractivity contribution < 1.29 is 14.7 Å². The molecular weight excluding hydrogens is 308 g/mol. The average molecular weight is 332 g/mol. The van der Waals surface area contributed by atoms with E-state index in [9.17, 15) is 14.7 Å². The van der Waals surface area contributed by atoms with Gasteiger partial charge in [-0.2, -0.15) is 23.5 Å². The fourth-order valence-corrected chi connectivity index (χ4v) is 4.99. The van der Waals surface area contributed by atoms with Gasteiger partial charge in [-0.05, 0) is 19.1 Å². The van der Waals surface area contributed by atoms with E-state index in [1.165, 1.54) is 24.2 Å². The molecule has 2 fully saturated rings. The van der Waals surface area contributed by atoms with Crippen LogP contribution >= 0.6 is 23.5 Å². The van der Waals surface area contributed by atoms with E-state index in [1.54, 1.807) is 11.8 Å². The Balaban J connectivity index is 1.92. The molecule has 21 heavy (non-hydrogen) atoms. The van der Waals surface area contributed by atoms with Crippen LogP contribution in [-0.2, 0) is 4.79 Å². The van der Waals surface area contributed by atoms with Gasteiger partial charge >= 0.3 is 12.0 Å². The molecule has 2 rings (SSSR count). The maximum absolute atomic E-state index is 12.3. The monoisotopic (exact) mass is 332 g/mol. The van der Waals surface area contributed by atoms with E-state index in [2.05, 4.69) is 11.6 Å². The number of carboxylic acids is 1. The molecule has 0 spiro atoms. The van der Waals surface area contributed by atoms with E-state index in [4.69, 9.17) is 0 Å². The number of carbonyl (C=O) groups excluding carboxylic acids is 1. The van der Waals surface area contributed by atoms with Crippen LogP contribution in [-0.4, -0.2) is 63.6 Å². The lowest BCUT2D eigenvalue weighted by Crippen LogP contribution is -2.55. The highest BCUT2D eigenvalue weighted by Crippen LogP contribution is 2.38. The summed E-state index contributed by atoms with van der Waals surface area (Å²) in [5, 5.41) is 12.2. The quantitative estimate of drug-likeness (QED) is 0.826. The summed E-state index contributed by atoms with van der Waals surface area (Å²) in [7, 11) is 0. The molecule has 2 N–H and O–H groups in total. The Labute approximate surface area is 134 Å². The van der Waals surface area contributed by atoms with Gasteiger partial charge in [-0.3, -0.25) is 0 Å². The third kappa shape index (κ3) is 4.22. The second-order valence-electron chi connectivity index (χ2n) is 5.73. The van der Waals surface area contributed by atoms with Crippen molar-refractivity contribution in [2.24, 2.45) is 0 Å². The molecule has 1 aliphatic carbocycles. The Morgan fingerprint density at radius 1 is 1.38 bits per heavy atom. The molecular formula is C14H24N2O3S2. The SMILES string of the molecule is CSC1(CNC(=O)N2CCSCC2C(=O)O)CCCCC1. The standard InChI is InChI=1S/C14H24N2O3S2/c1-20-14(5-3-2-4-6-14)10-15-13(19)16-7-8-21-9-11(16)12(17)18/h11H,2-10H2,1H3,(H,15,19)(H,17,18). The summed E-state index contributed by atoms with van der Waals surface area (Å²) < 4.78 is 0.136. The van der Waals surface area contributed by atoms with E-state index < -0.39 is 12.0 Å². The van der Waals surface area contributed by atoms with Gasteiger partial charge in [0.25, 0.3) is 0 Å². The molecule has 0 aromatic carbocycles. The average Bonchev–Trinajstić information content (AvgIpc) is 2.53. The predicted octanol–water partition coefficient (Wildman–Crippen LogP) is 2.26. The van der Waals surface area contributed by atoms with Gasteiger partial charge in [-0.15, -0.1) is 0 Å². The first kappa shape index (κ1) is 16.8. The van der Waals surface area contributed by atoms with E-state index in [0.717, 1.165) is 18.6 Å². The Bertz CT molecular complexity index is 386. The summed E-state index contributed by atoms with van der Waals surface area (Å²) in [5.41, 5.74) is 0. The fraction of sp³-hybridized carbons (Fsp3) is 0.857. The van der Waals surface area contributed by atoms with Crippen molar-refractivity contribution in [1.29, 1.82) is 0 Å². The van der Waals surface area contributed by atoms with Crippen LogP contribution in [0, 0.1) is 0 Å². The van der Waals surface area contributed by atoms with Crippen molar-refractivity contribution in [3.8, 4) is 0 Å². The van der Waals surface area contributed by atoms with Gasteiger partial charge in [0.1, 0.15) is 6.04 Å². The number of hydrogen-bond acceptors (Lipinski definition) is 4. The van der Waals surface area contributed by atoms with Crippen LogP contribution in [0.3, 0.4) is 0 Å². The van der Waals surface area contributed by atoms with Crippen molar-refractivity contribution in [3.63, 3.8) is 0 Å². The smallest absolute Gasteiger partial charge is 0.327 e. The van der Waals surface area contributed by atoms with E-state index in [-0.39, 0.29) is 10.8 Å². The number of rotatable bonds is 4. The second kappa shape index (κ2) is 7.63. The number of thioether (sulfide) groups is 2. The third-order valence-electron chi connectivity index (χ3n) is 4.43. The third-order valence-corrected chi connectivity index (χ3v) is 6.88. The highest BCUT2D eigenvalue weighted by molar-refractivity contribution is 8.00. The number of carbonyl (C=O) groups is 2. The first-order chi connectivity index (χ1) is 10.1. The van der Waals surface area contributed by atoms with Crippen LogP contribution in [0.5, 0.6) is 0 Å². The van der Waals surface area contributed by atoms with Gasteiger partial charge in [0, 0.05) is 29.3 Å². The lowest BCUT2D eigenvalue weighted by Gasteiger charge is -2.38. The molecule has 2 amide bonds. The van der Waals surface area contributed by atoms with E-state index in [1.807, 2.05) is 11.8 Å². The summed E-state index contributed by atoms with van der Waals surface area (Å²) in [6.07, 6.45) is 8.08. The minimum absolute atomic E-state index is 0.136. The van der Waals surface area contributed by atoms with Gasteiger partial charge < -0.3 is 15.3 Å². The van der Waals surface area contributed by atoms with Crippen LogP contribution in [0.15, 0.2) is 0 Å². The Morgan fingerprint density at radius 2 is 2.10 bits per heavy atom. The van der Waals surface area contributed by atoms with Gasteiger partial charge in [0.15, 0.2) is 0 Å². The van der Waals surface area contributed by atoms with Gasteiger partial charge in [0.2, 0.25) is 0 Å². The normalized spacial score (nSPS) is 25.4. The Kier molecular flexibility index (Phi) is 6.10. The molecule has 1 saturated heterocycles. The maximum Gasteiger partial charge on any atom is 0.327 e. The van der Waals surface area contributed by atoms with Crippen LogP contribution in [0.1, 0.15) is 32.1 Å². The molecule has 0 bridgehead atoms. The lowest BCUT2D eigenvalue weighted by atomic mass is 9.88. The molecule has 1 heterocycles. The predicted molar refractivity (Wildman–Crippen MR) is 88.2 cm³/mol. The summed E-state index contributed by atoms with van der Waals surface area (Å²) in [5.74, 6) is 0.385. The van der Waals surface area contributed by atoms with Gasteiger partial charge in [0.05, 0.1) is 0 Å². The summed E-state index contributed by atoms with van der Waals surface area (Å²) in [6.45, 7) is 1.16. The molecule has 1 unspecified atom stereocenters. The van der Waals surface area contributed by atoms with E-state index >= 15 is 0 Å². The molecule has 1 aliphatic heterocycles. The summed E-state index contributed by atoms with van der Waals surface area (Å²) in [6, 6.07) is -0.915. The van der Waals surface area contributed by atoms with Crippen molar-refractivity contribution in [3.05, 3.63) is 0 Å². The number of carboxylic acid groups (broad SMARTS) is 1. The minimum atomic E-state index is -0.908. The number of nitrogens with zero attached hydrogens (tertiary/aromatic N) is 1. The summed E-state index contributed by atoms with van der Waals surface area (Å²) >= 11 is 3.43. The second-order valence-corrected chi connectivity index (χ2v) is 8.15. The Hall–Kier alpha value is -0.560. The number of hydrogen-bond donors (Lipinski definition) is 2. The Morgan fingerprint density at radius 3 is 2.71 bits per heavy atom. The molecule has 1 atom stereocenters. The molecule has 5 nitrogen and oxygen atoms in total. The molecule has 0 aromatic rings. The molecule has 120 valence electrons. The van der Waals surface area contributed by atoms with Crippen molar-refractivity contribution in [2.75, 3.05) is 30.9 Å². The minimum Gasteiger partial charge on any atom is -0.480 e. The zero-order valence-electron chi connectivity index (χ0n) is 12.5. The topological polar surface area (TPSA) is 69.6 Å². The first-order valence-electron chi connectivity index (χ1n) is 7.48. The first-order valence-corrected chi connectivity index (χ1v) is 9.86. The number of aliphatic carboxylic acids is 1. The highest BCUT2D eigenvalue weighted by Gasteiger charge is 2.35. The number of nitrogens with one attached hydrogen (secondary N) is 1. The molecule has 0 aromatic heterocycles. The van der Waals surface area contributed by atoms with Crippen LogP contribution in [0.2, 0.25) is 0 Å². The molecule has 7 heteroatoms. The largest absolute Gasteiger partial charge is 0.480 e.